The molecule has 2 heteroatoms. The second kappa shape index (κ2) is 6.88. The van der Waals surface area contributed by atoms with E-state index in [1.54, 1.807) is 0 Å². The highest BCUT2D eigenvalue weighted by molar-refractivity contribution is 5.76. The topological polar surface area (TPSA) is 12.5 Å². The summed E-state index contributed by atoms with van der Waals surface area (Å²) in [6.45, 7) is 7.45. The van der Waals surface area contributed by atoms with E-state index in [-0.39, 0.29) is 0 Å². The number of nitrogens with zero attached hydrogens (tertiary/aromatic N) is 1. The van der Waals surface area contributed by atoms with Crippen molar-refractivity contribution in [3.05, 3.63) is 59.7 Å². The molecule has 0 radical (unpaired) electrons. The fraction of sp³-hybridized carbons (Fsp3) is 0.368. The summed E-state index contributed by atoms with van der Waals surface area (Å²) in [5, 5.41) is 0. The summed E-state index contributed by atoms with van der Waals surface area (Å²) in [6, 6.07) is 17.3. The van der Waals surface area contributed by atoms with E-state index in [1.165, 1.54) is 28.8 Å². The first-order valence-electron chi connectivity index (χ1n) is 7.84. The molecular formula is C19H23NO. The molecular weight excluding hydrogens is 258 g/mol. The van der Waals surface area contributed by atoms with E-state index in [0.29, 0.717) is 0 Å². The van der Waals surface area contributed by atoms with Crippen LogP contribution in [-0.4, -0.2) is 37.7 Å². The average molecular weight is 281 g/mol. The van der Waals surface area contributed by atoms with Crippen LogP contribution < -0.4 is 0 Å². The second-order valence-corrected chi connectivity index (χ2v) is 5.54. The summed E-state index contributed by atoms with van der Waals surface area (Å²) in [6.07, 6.45) is 1.10. The van der Waals surface area contributed by atoms with Gasteiger partial charge in [0.2, 0.25) is 0 Å². The molecule has 1 aliphatic carbocycles. The minimum atomic E-state index is 0.924. The summed E-state index contributed by atoms with van der Waals surface area (Å²) >= 11 is 0. The van der Waals surface area contributed by atoms with Crippen molar-refractivity contribution >= 4 is 0 Å². The van der Waals surface area contributed by atoms with Gasteiger partial charge in [-0.3, -0.25) is 4.90 Å². The third-order valence-electron chi connectivity index (χ3n) is 4.26. The summed E-state index contributed by atoms with van der Waals surface area (Å²) in [7, 11) is 0. The quantitative estimate of drug-likeness (QED) is 0.676. The summed E-state index contributed by atoms with van der Waals surface area (Å²) in [4.78, 5) is 2.39. The fourth-order valence-corrected chi connectivity index (χ4v) is 3.00. The predicted molar refractivity (Wildman–Crippen MR) is 87.6 cm³/mol. The lowest BCUT2D eigenvalue weighted by Crippen LogP contribution is -2.35. The van der Waals surface area contributed by atoms with Crippen molar-refractivity contribution < 1.29 is 4.74 Å². The number of rotatable bonds is 1. The molecule has 21 heavy (non-hydrogen) atoms. The molecule has 0 saturated carbocycles. The van der Waals surface area contributed by atoms with Gasteiger partial charge in [-0.2, -0.15) is 0 Å². The van der Waals surface area contributed by atoms with Gasteiger partial charge in [-0.05, 0) is 35.2 Å². The van der Waals surface area contributed by atoms with Crippen molar-refractivity contribution in [2.75, 3.05) is 32.8 Å². The molecule has 2 aliphatic rings. The van der Waals surface area contributed by atoms with Crippen LogP contribution in [0, 0.1) is 0 Å². The Hall–Kier alpha value is -1.64. The van der Waals surface area contributed by atoms with Crippen molar-refractivity contribution in [2.24, 2.45) is 0 Å². The van der Waals surface area contributed by atoms with E-state index in [4.69, 9.17) is 4.74 Å². The van der Waals surface area contributed by atoms with E-state index in [0.717, 1.165) is 32.7 Å². The SMILES string of the molecule is CCN1CCOCC1.c1ccc2c(c1)Cc1ccccc1-2. The fourth-order valence-electron chi connectivity index (χ4n) is 3.00. The molecule has 4 rings (SSSR count). The van der Waals surface area contributed by atoms with E-state index in [9.17, 15) is 0 Å². The lowest BCUT2D eigenvalue weighted by Gasteiger charge is -2.24. The van der Waals surface area contributed by atoms with Crippen molar-refractivity contribution in [2.45, 2.75) is 13.3 Å². The monoisotopic (exact) mass is 281 g/mol. The minimum Gasteiger partial charge on any atom is -0.379 e. The number of likely N-dealkylation sites (N-methyl/N-ethyl adjacent to an activating group) is 1. The van der Waals surface area contributed by atoms with E-state index in [2.05, 4.69) is 60.4 Å². The van der Waals surface area contributed by atoms with Gasteiger partial charge in [0.1, 0.15) is 0 Å². The maximum atomic E-state index is 5.16. The summed E-state index contributed by atoms with van der Waals surface area (Å²) < 4.78 is 5.16. The largest absolute Gasteiger partial charge is 0.379 e. The zero-order valence-corrected chi connectivity index (χ0v) is 12.7. The van der Waals surface area contributed by atoms with Gasteiger partial charge in [0.25, 0.3) is 0 Å². The molecule has 1 aliphatic heterocycles. The molecule has 110 valence electrons. The minimum absolute atomic E-state index is 0.924. The lowest BCUT2D eigenvalue weighted by atomic mass is 10.1. The first-order chi connectivity index (χ1) is 10.4. The van der Waals surface area contributed by atoms with Gasteiger partial charge in [0, 0.05) is 13.1 Å². The van der Waals surface area contributed by atoms with Crippen LogP contribution in [-0.2, 0) is 11.2 Å². The molecule has 0 N–H and O–H groups in total. The number of hydrogen-bond donors (Lipinski definition) is 0. The highest BCUT2D eigenvalue weighted by Gasteiger charge is 2.15. The number of fused-ring (bicyclic) bond motifs is 3. The highest BCUT2D eigenvalue weighted by atomic mass is 16.5. The van der Waals surface area contributed by atoms with Gasteiger partial charge in [0.05, 0.1) is 13.2 Å². The molecule has 0 spiro atoms. The molecule has 2 aromatic rings. The van der Waals surface area contributed by atoms with Crippen LogP contribution in [0.15, 0.2) is 48.5 Å². The van der Waals surface area contributed by atoms with E-state index >= 15 is 0 Å². The Labute approximate surface area is 127 Å². The Morgan fingerprint density at radius 3 is 1.86 bits per heavy atom. The van der Waals surface area contributed by atoms with Crippen LogP contribution in [0.5, 0.6) is 0 Å². The predicted octanol–water partition coefficient (Wildman–Crippen LogP) is 3.60. The van der Waals surface area contributed by atoms with Crippen LogP contribution >= 0.6 is 0 Å². The molecule has 0 bridgehead atoms. The lowest BCUT2D eigenvalue weighted by molar-refractivity contribution is 0.0405. The molecule has 2 aromatic carbocycles. The Bertz CT molecular complexity index is 544. The molecule has 0 aromatic heterocycles. The smallest absolute Gasteiger partial charge is 0.0594 e. The van der Waals surface area contributed by atoms with E-state index < -0.39 is 0 Å². The Morgan fingerprint density at radius 1 is 0.857 bits per heavy atom. The first-order valence-corrected chi connectivity index (χ1v) is 7.84. The highest BCUT2D eigenvalue weighted by Crippen LogP contribution is 2.35. The van der Waals surface area contributed by atoms with Crippen molar-refractivity contribution in [1.29, 1.82) is 0 Å². The number of hydrogen-bond acceptors (Lipinski definition) is 2. The number of benzene rings is 2. The van der Waals surface area contributed by atoms with Gasteiger partial charge in [-0.15, -0.1) is 0 Å². The summed E-state index contributed by atoms with van der Waals surface area (Å²) in [5.74, 6) is 0. The Balaban J connectivity index is 0.000000143. The van der Waals surface area contributed by atoms with Crippen LogP contribution in [0.4, 0.5) is 0 Å². The van der Waals surface area contributed by atoms with E-state index in [1.807, 2.05) is 0 Å². The zero-order chi connectivity index (χ0) is 14.5. The maximum absolute atomic E-state index is 5.16. The molecule has 1 saturated heterocycles. The third-order valence-corrected chi connectivity index (χ3v) is 4.26. The molecule has 1 heterocycles. The molecule has 0 amide bonds. The van der Waals surface area contributed by atoms with Gasteiger partial charge in [-0.1, -0.05) is 55.5 Å². The van der Waals surface area contributed by atoms with Crippen LogP contribution in [0.1, 0.15) is 18.1 Å². The van der Waals surface area contributed by atoms with Crippen LogP contribution in [0.2, 0.25) is 0 Å². The van der Waals surface area contributed by atoms with Crippen molar-refractivity contribution in [1.82, 2.24) is 4.90 Å². The van der Waals surface area contributed by atoms with Gasteiger partial charge in [-0.25, -0.2) is 0 Å². The normalized spacial score (nSPS) is 16.6. The maximum Gasteiger partial charge on any atom is 0.0594 e. The molecule has 0 atom stereocenters. The van der Waals surface area contributed by atoms with Gasteiger partial charge < -0.3 is 4.74 Å². The third kappa shape index (κ3) is 3.34. The number of morpholine rings is 1. The van der Waals surface area contributed by atoms with Crippen molar-refractivity contribution in [3.8, 4) is 11.1 Å². The Morgan fingerprint density at radius 2 is 1.38 bits per heavy atom. The summed E-state index contributed by atoms with van der Waals surface area (Å²) in [5.41, 5.74) is 5.75. The van der Waals surface area contributed by atoms with Crippen LogP contribution in [0.25, 0.3) is 11.1 Å². The van der Waals surface area contributed by atoms with Gasteiger partial charge >= 0.3 is 0 Å². The van der Waals surface area contributed by atoms with Crippen LogP contribution in [0.3, 0.4) is 0 Å². The Kier molecular flexibility index (Phi) is 4.69. The zero-order valence-electron chi connectivity index (χ0n) is 12.7. The molecule has 0 unspecified atom stereocenters. The first kappa shape index (κ1) is 14.3. The van der Waals surface area contributed by atoms with Crippen molar-refractivity contribution in [3.63, 3.8) is 0 Å². The average Bonchev–Trinajstić information content (AvgIpc) is 2.95. The second-order valence-electron chi connectivity index (χ2n) is 5.54. The molecule has 1 fully saturated rings. The van der Waals surface area contributed by atoms with Gasteiger partial charge in [0.15, 0.2) is 0 Å². The standard InChI is InChI=1S/C13H10.C6H13NO/c1-3-7-12-10(5-1)9-11-6-2-4-8-13(11)12;1-2-7-3-5-8-6-4-7/h1-8H,9H2;2-6H2,1H3. The molecule has 2 nitrogen and oxygen atoms in total. The number of ether oxygens (including phenoxy) is 1.